The van der Waals surface area contributed by atoms with Crippen LogP contribution in [-0.2, 0) is 16.0 Å². The van der Waals surface area contributed by atoms with Gasteiger partial charge in [-0.05, 0) is 48.0 Å². The minimum Gasteiger partial charge on any atom is -0.504 e. The van der Waals surface area contributed by atoms with E-state index in [0.29, 0.717) is 12.1 Å². The van der Waals surface area contributed by atoms with Crippen LogP contribution in [-0.4, -0.2) is 18.6 Å². The molecule has 0 saturated carbocycles. The van der Waals surface area contributed by atoms with Crippen LogP contribution in [0.25, 0.3) is 6.08 Å². The number of halogens is 3. The molecule has 2 N–H and O–H groups in total. The number of nitrogens with zero attached hydrogens (tertiary/aromatic N) is 1. The van der Waals surface area contributed by atoms with Gasteiger partial charge >= 0.3 is 6.18 Å². The number of alkyl halides is 3. The van der Waals surface area contributed by atoms with Crippen molar-refractivity contribution in [2.75, 3.05) is 0 Å². The van der Waals surface area contributed by atoms with Crippen LogP contribution in [0.1, 0.15) is 11.1 Å². The van der Waals surface area contributed by atoms with Gasteiger partial charge in [0.2, 0.25) is 9.84 Å². The van der Waals surface area contributed by atoms with Gasteiger partial charge in [0.15, 0.2) is 11.5 Å². The first-order chi connectivity index (χ1) is 11.6. The molecule has 0 aromatic heterocycles. The van der Waals surface area contributed by atoms with Crippen LogP contribution in [0.3, 0.4) is 0 Å². The fraction of sp³-hybridized carbons (Fsp3) is 0.0625. The summed E-state index contributed by atoms with van der Waals surface area (Å²) in [6, 6.07) is 7.60. The zero-order valence-electron chi connectivity index (χ0n) is 12.3. The number of benzene rings is 2. The van der Waals surface area contributed by atoms with E-state index in [4.69, 9.17) is 5.26 Å². The Labute approximate surface area is 140 Å². The third kappa shape index (κ3) is 3.92. The predicted molar refractivity (Wildman–Crippen MR) is 82.0 cm³/mol. The predicted octanol–water partition coefficient (Wildman–Crippen LogP) is 3.45. The molecular weight excluding hydrogens is 359 g/mol. The van der Waals surface area contributed by atoms with Gasteiger partial charge in [-0.3, -0.25) is 0 Å². The number of rotatable bonds is 3. The first-order valence-corrected chi connectivity index (χ1v) is 8.10. The summed E-state index contributed by atoms with van der Waals surface area (Å²) >= 11 is 0. The van der Waals surface area contributed by atoms with Crippen molar-refractivity contribution >= 4 is 15.9 Å². The van der Waals surface area contributed by atoms with Crippen molar-refractivity contribution in [1.29, 1.82) is 5.26 Å². The average molecular weight is 369 g/mol. The van der Waals surface area contributed by atoms with Gasteiger partial charge in [-0.2, -0.15) is 18.4 Å². The van der Waals surface area contributed by atoms with Crippen molar-refractivity contribution in [1.82, 2.24) is 0 Å². The van der Waals surface area contributed by atoms with E-state index in [2.05, 4.69) is 0 Å². The zero-order valence-corrected chi connectivity index (χ0v) is 13.1. The molecule has 0 fully saturated rings. The fourth-order valence-electron chi connectivity index (χ4n) is 1.90. The van der Waals surface area contributed by atoms with Gasteiger partial charge in [-0.1, -0.05) is 6.07 Å². The molecular formula is C16H10F3NO4S. The maximum absolute atomic E-state index is 12.5. The Balaban J connectivity index is 2.47. The Kier molecular flexibility index (Phi) is 4.76. The number of hydrogen-bond acceptors (Lipinski definition) is 5. The molecule has 25 heavy (non-hydrogen) atoms. The lowest BCUT2D eigenvalue weighted by molar-refractivity contribution is -0.137. The molecule has 0 unspecified atom stereocenters. The largest absolute Gasteiger partial charge is 0.504 e. The third-order valence-corrected chi connectivity index (χ3v) is 4.87. The van der Waals surface area contributed by atoms with Crippen molar-refractivity contribution in [2.45, 2.75) is 11.1 Å². The molecule has 2 rings (SSSR count). The van der Waals surface area contributed by atoms with Crippen LogP contribution in [0.4, 0.5) is 13.2 Å². The molecule has 9 heteroatoms. The Hall–Kier alpha value is -2.99. The van der Waals surface area contributed by atoms with E-state index in [9.17, 15) is 31.8 Å². The number of sulfone groups is 1. The second kappa shape index (κ2) is 6.49. The van der Waals surface area contributed by atoms with Crippen LogP contribution in [0.5, 0.6) is 11.5 Å². The summed E-state index contributed by atoms with van der Waals surface area (Å²) in [5.41, 5.74) is -0.903. The Morgan fingerprint density at radius 3 is 2.12 bits per heavy atom. The van der Waals surface area contributed by atoms with Crippen molar-refractivity contribution in [3.05, 3.63) is 58.5 Å². The second-order valence-electron chi connectivity index (χ2n) is 4.89. The van der Waals surface area contributed by atoms with Gasteiger partial charge in [0.1, 0.15) is 11.0 Å². The molecule has 0 atom stereocenters. The molecule has 0 aliphatic rings. The van der Waals surface area contributed by atoms with Crippen LogP contribution < -0.4 is 0 Å². The standard InChI is InChI=1S/C16H10F3NO4S/c17-16(18,19)11-2-4-12(5-3-11)25(23,24)13(9-20)7-10-1-6-14(21)15(22)8-10/h1-8,21-22H/b13-7+. The summed E-state index contributed by atoms with van der Waals surface area (Å²) in [6.45, 7) is 0. The van der Waals surface area contributed by atoms with Crippen LogP contribution in [0.15, 0.2) is 52.3 Å². The lowest BCUT2D eigenvalue weighted by atomic mass is 10.2. The fourth-order valence-corrected chi connectivity index (χ4v) is 3.06. The van der Waals surface area contributed by atoms with E-state index in [1.807, 2.05) is 0 Å². The second-order valence-corrected chi connectivity index (χ2v) is 6.81. The van der Waals surface area contributed by atoms with E-state index in [1.54, 1.807) is 0 Å². The Morgan fingerprint density at radius 1 is 1.04 bits per heavy atom. The molecule has 0 saturated heterocycles. The SMILES string of the molecule is N#C/C(=C\c1ccc(O)c(O)c1)S(=O)(=O)c1ccc(C(F)(F)F)cc1. The van der Waals surface area contributed by atoms with E-state index in [0.717, 1.165) is 30.3 Å². The summed E-state index contributed by atoms with van der Waals surface area (Å²) in [6.07, 6.45) is -3.67. The minimum atomic E-state index is -4.61. The highest BCUT2D eigenvalue weighted by Crippen LogP contribution is 2.31. The van der Waals surface area contributed by atoms with Gasteiger partial charge in [0.05, 0.1) is 10.5 Å². The molecule has 0 amide bonds. The molecule has 0 heterocycles. The van der Waals surface area contributed by atoms with Crippen LogP contribution in [0.2, 0.25) is 0 Å². The third-order valence-electron chi connectivity index (χ3n) is 3.19. The zero-order chi connectivity index (χ0) is 18.8. The summed E-state index contributed by atoms with van der Waals surface area (Å²) in [4.78, 5) is -1.20. The van der Waals surface area contributed by atoms with Crippen molar-refractivity contribution in [3.63, 3.8) is 0 Å². The number of hydrogen-bond donors (Lipinski definition) is 2. The molecule has 0 bridgehead atoms. The van der Waals surface area contributed by atoms with Gasteiger partial charge in [-0.25, -0.2) is 8.42 Å². The summed E-state index contributed by atoms with van der Waals surface area (Å²) in [5, 5.41) is 27.7. The summed E-state index contributed by atoms with van der Waals surface area (Å²) in [5.74, 6) is -0.945. The first-order valence-electron chi connectivity index (χ1n) is 6.62. The minimum absolute atomic E-state index is 0.113. The van der Waals surface area contributed by atoms with E-state index >= 15 is 0 Å². The van der Waals surface area contributed by atoms with E-state index < -0.39 is 42.9 Å². The van der Waals surface area contributed by atoms with E-state index in [1.165, 1.54) is 12.1 Å². The number of phenolic OH excluding ortho intramolecular Hbond substituents is 2. The number of phenols is 2. The van der Waals surface area contributed by atoms with Crippen LogP contribution >= 0.6 is 0 Å². The molecule has 0 aliphatic carbocycles. The lowest BCUT2D eigenvalue weighted by Crippen LogP contribution is -2.07. The maximum Gasteiger partial charge on any atom is 0.416 e. The highest BCUT2D eigenvalue weighted by molar-refractivity contribution is 7.95. The molecule has 130 valence electrons. The number of allylic oxidation sites excluding steroid dienone is 1. The highest BCUT2D eigenvalue weighted by atomic mass is 32.2. The Morgan fingerprint density at radius 2 is 1.64 bits per heavy atom. The highest BCUT2D eigenvalue weighted by Gasteiger charge is 2.31. The molecule has 2 aromatic carbocycles. The van der Waals surface area contributed by atoms with Crippen molar-refractivity contribution < 1.29 is 31.8 Å². The Bertz CT molecular complexity index is 972. The smallest absolute Gasteiger partial charge is 0.416 e. The molecule has 0 aliphatic heterocycles. The van der Waals surface area contributed by atoms with Crippen molar-refractivity contribution in [2.24, 2.45) is 0 Å². The molecule has 5 nitrogen and oxygen atoms in total. The molecule has 0 radical (unpaired) electrons. The number of aromatic hydroxyl groups is 2. The normalized spacial score (nSPS) is 12.6. The lowest BCUT2D eigenvalue weighted by Gasteiger charge is -2.08. The summed E-state index contributed by atoms with van der Waals surface area (Å²) < 4.78 is 62.4. The topological polar surface area (TPSA) is 98.4 Å². The molecule has 0 spiro atoms. The van der Waals surface area contributed by atoms with Gasteiger partial charge in [0.25, 0.3) is 0 Å². The average Bonchev–Trinajstić information content (AvgIpc) is 2.55. The van der Waals surface area contributed by atoms with Gasteiger partial charge < -0.3 is 10.2 Å². The quantitative estimate of drug-likeness (QED) is 0.638. The first kappa shape index (κ1) is 18.4. The van der Waals surface area contributed by atoms with E-state index in [-0.39, 0.29) is 5.56 Å². The summed E-state index contributed by atoms with van der Waals surface area (Å²) in [7, 11) is -4.35. The van der Waals surface area contributed by atoms with Gasteiger partial charge in [-0.15, -0.1) is 0 Å². The maximum atomic E-state index is 12.5. The molecule has 2 aromatic rings. The number of nitriles is 1. The van der Waals surface area contributed by atoms with Gasteiger partial charge in [0, 0.05) is 0 Å². The van der Waals surface area contributed by atoms with Crippen molar-refractivity contribution in [3.8, 4) is 17.6 Å². The monoisotopic (exact) mass is 369 g/mol. The van der Waals surface area contributed by atoms with Crippen LogP contribution in [0, 0.1) is 11.3 Å².